The summed E-state index contributed by atoms with van der Waals surface area (Å²) in [6.07, 6.45) is 1.20. The monoisotopic (exact) mass is 390 g/mol. The number of aromatic nitrogens is 1. The molecular formula is C19H19FN2O4S. The lowest BCUT2D eigenvalue weighted by atomic mass is 10.1. The number of benzene rings is 1. The molecule has 0 atom stereocenters. The Morgan fingerprint density at radius 3 is 2.48 bits per heavy atom. The van der Waals surface area contributed by atoms with Crippen LogP contribution in [0.15, 0.2) is 29.2 Å². The topological polar surface area (TPSA) is 100 Å². The number of hydrogen-bond donors (Lipinski definition) is 1. The van der Waals surface area contributed by atoms with Crippen molar-refractivity contribution in [3.05, 3.63) is 63.1 Å². The van der Waals surface area contributed by atoms with E-state index in [9.17, 15) is 22.9 Å². The molecule has 1 aromatic heterocycles. The summed E-state index contributed by atoms with van der Waals surface area (Å²) in [5.41, 5.74) is 2.04. The van der Waals surface area contributed by atoms with Crippen molar-refractivity contribution >= 4 is 21.9 Å². The number of aromatic amines is 1. The average Bonchev–Trinajstić information content (AvgIpc) is 2.88. The van der Waals surface area contributed by atoms with Gasteiger partial charge in [0.15, 0.2) is 9.84 Å². The van der Waals surface area contributed by atoms with E-state index in [2.05, 4.69) is 4.98 Å². The number of halogens is 1. The van der Waals surface area contributed by atoms with Crippen molar-refractivity contribution in [2.45, 2.75) is 26.5 Å². The number of nitriles is 1. The maximum Gasteiger partial charge on any atom is 0.340 e. The van der Waals surface area contributed by atoms with Crippen molar-refractivity contribution in [2.75, 3.05) is 6.61 Å². The van der Waals surface area contributed by atoms with Crippen LogP contribution in [-0.2, 0) is 20.3 Å². The largest absolute Gasteiger partial charge is 0.462 e. The Morgan fingerprint density at radius 1 is 1.30 bits per heavy atom. The van der Waals surface area contributed by atoms with E-state index in [-0.39, 0.29) is 6.61 Å². The molecule has 0 saturated carbocycles. The summed E-state index contributed by atoms with van der Waals surface area (Å²) >= 11 is 0. The summed E-state index contributed by atoms with van der Waals surface area (Å²) in [7, 11) is -3.95. The molecule has 0 bridgehead atoms. The van der Waals surface area contributed by atoms with E-state index in [1.807, 2.05) is 0 Å². The summed E-state index contributed by atoms with van der Waals surface area (Å²) in [6, 6.07) is 6.71. The van der Waals surface area contributed by atoms with E-state index in [1.165, 1.54) is 18.2 Å². The lowest BCUT2D eigenvalue weighted by molar-refractivity contribution is 0.0525. The minimum absolute atomic E-state index is 0.212. The number of ether oxygens (including phenoxy) is 1. The molecule has 0 amide bonds. The van der Waals surface area contributed by atoms with Gasteiger partial charge in [0.2, 0.25) is 0 Å². The van der Waals surface area contributed by atoms with Crippen LogP contribution in [0.1, 0.15) is 39.8 Å². The molecule has 0 aliphatic rings. The molecule has 0 aliphatic carbocycles. The number of carbonyl (C=O) groups excluding carboxylic acids is 1. The van der Waals surface area contributed by atoms with Crippen molar-refractivity contribution < 1.29 is 22.3 Å². The third kappa shape index (κ3) is 4.63. The first kappa shape index (κ1) is 20.4. The van der Waals surface area contributed by atoms with E-state index in [1.54, 1.807) is 26.8 Å². The maximum atomic E-state index is 13.0. The van der Waals surface area contributed by atoms with Crippen LogP contribution in [0, 0.1) is 31.0 Å². The second kappa shape index (κ2) is 8.18. The van der Waals surface area contributed by atoms with Gasteiger partial charge in [-0.15, -0.1) is 0 Å². The van der Waals surface area contributed by atoms with Crippen molar-refractivity contribution in [3.8, 4) is 6.07 Å². The van der Waals surface area contributed by atoms with Gasteiger partial charge in [-0.25, -0.2) is 17.6 Å². The van der Waals surface area contributed by atoms with Crippen LogP contribution >= 0.6 is 0 Å². The zero-order chi connectivity index (χ0) is 20.2. The van der Waals surface area contributed by atoms with Gasteiger partial charge in [-0.1, -0.05) is 12.1 Å². The fourth-order valence-electron chi connectivity index (χ4n) is 2.63. The van der Waals surface area contributed by atoms with E-state index >= 15 is 0 Å². The molecule has 6 nitrogen and oxygen atoms in total. The third-order valence-electron chi connectivity index (χ3n) is 3.95. The average molecular weight is 390 g/mol. The number of rotatable bonds is 6. The minimum atomic E-state index is -3.95. The molecule has 1 aromatic carbocycles. The molecule has 1 N–H and O–H groups in total. The van der Waals surface area contributed by atoms with Crippen LogP contribution in [-0.4, -0.2) is 26.0 Å². The molecule has 2 aromatic rings. The first-order chi connectivity index (χ1) is 12.7. The highest BCUT2D eigenvalue weighted by molar-refractivity contribution is 7.95. The Kier molecular flexibility index (Phi) is 6.18. The number of sulfone groups is 1. The normalized spacial score (nSPS) is 11.9. The molecule has 27 heavy (non-hydrogen) atoms. The molecule has 0 unspecified atom stereocenters. The minimum Gasteiger partial charge on any atom is -0.462 e. The van der Waals surface area contributed by atoms with Gasteiger partial charge in [0.1, 0.15) is 16.8 Å². The Hall–Kier alpha value is -2.92. The lowest BCUT2D eigenvalue weighted by Crippen LogP contribution is -2.07. The maximum absolute atomic E-state index is 13.0. The van der Waals surface area contributed by atoms with Crippen LogP contribution in [0.25, 0.3) is 6.08 Å². The van der Waals surface area contributed by atoms with Gasteiger partial charge in [-0.3, -0.25) is 0 Å². The van der Waals surface area contributed by atoms with E-state index in [0.717, 1.165) is 12.1 Å². The van der Waals surface area contributed by atoms with Gasteiger partial charge < -0.3 is 9.72 Å². The van der Waals surface area contributed by atoms with Crippen LogP contribution in [0.3, 0.4) is 0 Å². The standard InChI is InChI=1S/C19H19FN2O4S/c1-4-26-19(23)18-12(2)17(22-13(18)3)9-16(10-21)27(24,25)11-14-5-7-15(20)8-6-14/h5-9,22H,4,11H2,1-3H3/b16-9+. The third-order valence-corrected chi connectivity index (χ3v) is 5.54. The van der Waals surface area contributed by atoms with Gasteiger partial charge in [0.25, 0.3) is 0 Å². The number of hydrogen-bond acceptors (Lipinski definition) is 5. The fourth-order valence-corrected chi connectivity index (χ4v) is 3.85. The van der Waals surface area contributed by atoms with Crippen LogP contribution < -0.4 is 0 Å². The highest BCUT2D eigenvalue weighted by Gasteiger charge is 2.22. The van der Waals surface area contributed by atoms with Crippen molar-refractivity contribution in [2.24, 2.45) is 0 Å². The molecule has 0 fully saturated rings. The predicted octanol–water partition coefficient (Wildman–Crippen LogP) is 3.43. The Balaban J connectivity index is 2.41. The highest BCUT2D eigenvalue weighted by atomic mass is 32.2. The van der Waals surface area contributed by atoms with Crippen LogP contribution in [0.4, 0.5) is 4.39 Å². The molecule has 0 saturated heterocycles. The molecule has 0 aliphatic heterocycles. The number of carbonyl (C=O) groups is 1. The quantitative estimate of drug-likeness (QED) is 0.602. The van der Waals surface area contributed by atoms with Crippen molar-refractivity contribution in [1.29, 1.82) is 5.26 Å². The molecule has 1 heterocycles. The Bertz CT molecular complexity index is 1030. The molecule has 8 heteroatoms. The Labute approximate surface area is 157 Å². The number of nitrogens with one attached hydrogen (secondary N) is 1. The van der Waals surface area contributed by atoms with Gasteiger partial charge in [0, 0.05) is 11.4 Å². The smallest absolute Gasteiger partial charge is 0.340 e. The zero-order valence-corrected chi connectivity index (χ0v) is 16.0. The summed E-state index contributed by atoms with van der Waals surface area (Å²) < 4.78 is 43.1. The predicted molar refractivity (Wildman–Crippen MR) is 98.8 cm³/mol. The number of nitrogens with zero attached hydrogens (tertiary/aromatic N) is 1. The molecule has 0 spiro atoms. The van der Waals surface area contributed by atoms with E-state index in [0.29, 0.717) is 28.1 Å². The second-order valence-electron chi connectivity index (χ2n) is 5.89. The number of esters is 1. The zero-order valence-electron chi connectivity index (χ0n) is 15.2. The van der Waals surface area contributed by atoms with Crippen molar-refractivity contribution in [1.82, 2.24) is 4.98 Å². The van der Waals surface area contributed by atoms with Gasteiger partial charge in [0.05, 0.1) is 17.9 Å². The lowest BCUT2D eigenvalue weighted by Gasteiger charge is -2.04. The molecular weight excluding hydrogens is 371 g/mol. The molecule has 2 rings (SSSR count). The highest BCUT2D eigenvalue weighted by Crippen LogP contribution is 2.23. The SMILES string of the molecule is CCOC(=O)c1c(C)[nH]c(/C=C(\C#N)S(=O)(=O)Cc2ccc(F)cc2)c1C. The van der Waals surface area contributed by atoms with Crippen LogP contribution in [0.2, 0.25) is 0 Å². The summed E-state index contributed by atoms with van der Waals surface area (Å²) in [5.74, 6) is -1.43. The first-order valence-electron chi connectivity index (χ1n) is 8.15. The van der Waals surface area contributed by atoms with E-state index < -0.39 is 32.3 Å². The fraction of sp³-hybridized carbons (Fsp3) is 0.263. The second-order valence-corrected chi connectivity index (χ2v) is 7.85. The number of allylic oxidation sites excluding steroid dienone is 1. The van der Waals surface area contributed by atoms with Gasteiger partial charge in [-0.2, -0.15) is 5.26 Å². The van der Waals surface area contributed by atoms with E-state index in [4.69, 9.17) is 4.74 Å². The summed E-state index contributed by atoms with van der Waals surface area (Å²) in [6.45, 7) is 5.20. The van der Waals surface area contributed by atoms with Gasteiger partial charge in [-0.05, 0) is 50.1 Å². The molecule has 0 radical (unpaired) electrons. The molecule has 142 valence electrons. The number of aryl methyl sites for hydroxylation is 1. The number of H-pyrrole nitrogens is 1. The van der Waals surface area contributed by atoms with Crippen LogP contribution in [0.5, 0.6) is 0 Å². The summed E-state index contributed by atoms with van der Waals surface area (Å²) in [5, 5.41) is 9.34. The Morgan fingerprint density at radius 2 is 1.93 bits per heavy atom. The van der Waals surface area contributed by atoms with Crippen molar-refractivity contribution in [3.63, 3.8) is 0 Å². The first-order valence-corrected chi connectivity index (χ1v) is 9.80. The van der Waals surface area contributed by atoms with Gasteiger partial charge >= 0.3 is 5.97 Å². The summed E-state index contributed by atoms with van der Waals surface area (Å²) in [4.78, 5) is 14.5.